The second-order valence-corrected chi connectivity index (χ2v) is 7.45. The van der Waals surface area contributed by atoms with Crippen LogP contribution in [0.25, 0.3) is 0 Å². The minimum absolute atomic E-state index is 0.227. The average molecular weight is 435 g/mol. The summed E-state index contributed by atoms with van der Waals surface area (Å²) < 4.78 is 10.3. The van der Waals surface area contributed by atoms with Gasteiger partial charge in [0.25, 0.3) is 0 Å². The SMILES string of the molecule is CC.CCOC(=O)c1cnc(SC)nc1Nc1cccc(NC(=O)OC(C)(C)C)c1. The molecule has 30 heavy (non-hydrogen) atoms. The zero-order chi connectivity index (χ0) is 22.7. The average Bonchev–Trinajstić information content (AvgIpc) is 2.68. The number of nitrogens with zero attached hydrogens (tertiary/aromatic N) is 2. The largest absolute Gasteiger partial charge is 0.462 e. The highest BCUT2D eigenvalue weighted by Gasteiger charge is 2.18. The molecule has 0 aliphatic heterocycles. The summed E-state index contributed by atoms with van der Waals surface area (Å²) in [6.45, 7) is 11.4. The van der Waals surface area contributed by atoms with Crippen molar-refractivity contribution in [3.8, 4) is 0 Å². The molecule has 0 saturated heterocycles. The lowest BCUT2D eigenvalue weighted by molar-refractivity contribution is 0.0525. The van der Waals surface area contributed by atoms with E-state index in [4.69, 9.17) is 9.47 Å². The van der Waals surface area contributed by atoms with Crippen molar-refractivity contribution < 1.29 is 19.1 Å². The predicted octanol–water partition coefficient (Wildman–Crippen LogP) is 5.49. The third kappa shape index (κ3) is 8.28. The van der Waals surface area contributed by atoms with Gasteiger partial charge in [0.05, 0.1) is 6.61 Å². The molecular weight excluding hydrogens is 404 g/mol. The molecule has 0 aliphatic carbocycles. The Hall–Kier alpha value is -2.81. The second-order valence-electron chi connectivity index (χ2n) is 6.67. The lowest BCUT2D eigenvalue weighted by atomic mass is 10.2. The first-order valence-corrected chi connectivity index (χ1v) is 10.9. The van der Waals surface area contributed by atoms with Crippen molar-refractivity contribution in [1.82, 2.24) is 9.97 Å². The van der Waals surface area contributed by atoms with Gasteiger partial charge >= 0.3 is 12.1 Å². The van der Waals surface area contributed by atoms with Crippen LogP contribution in [0.2, 0.25) is 0 Å². The number of benzene rings is 1. The molecule has 1 aromatic carbocycles. The van der Waals surface area contributed by atoms with E-state index in [0.717, 1.165) is 0 Å². The van der Waals surface area contributed by atoms with Crippen LogP contribution in [0, 0.1) is 0 Å². The monoisotopic (exact) mass is 434 g/mol. The number of rotatable bonds is 6. The van der Waals surface area contributed by atoms with Crippen LogP contribution in [-0.4, -0.2) is 40.5 Å². The van der Waals surface area contributed by atoms with Crippen LogP contribution >= 0.6 is 11.8 Å². The van der Waals surface area contributed by atoms with Gasteiger partial charge in [-0.2, -0.15) is 0 Å². The van der Waals surface area contributed by atoms with Crippen LogP contribution in [0.1, 0.15) is 51.9 Å². The van der Waals surface area contributed by atoms with Crippen LogP contribution < -0.4 is 10.6 Å². The number of hydrogen-bond donors (Lipinski definition) is 2. The number of esters is 1. The molecule has 1 amide bonds. The number of amides is 1. The molecule has 8 nitrogen and oxygen atoms in total. The van der Waals surface area contributed by atoms with E-state index in [2.05, 4.69) is 20.6 Å². The summed E-state index contributed by atoms with van der Waals surface area (Å²) in [4.78, 5) is 32.6. The minimum Gasteiger partial charge on any atom is -0.462 e. The zero-order valence-electron chi connectivity index (χ0n) is 18.5. The van der Waals surface area contributed by atoms with E-state index in [1.54, 1.807) is 52.0 Å². The molecule has 2 aromatic rings. The first kappa shape index (κ1) is 25.2. The Morgan fingerprint density at radius 1 is 1.17 bits per heavy atom. The normalized spacial score (nSPS) is 10.4. The standard InChI is InChI=1S/C19H24N4O4S.C2H6/c1-6-26-16(24)14-11-20-17(28-5)23-15(14)21-12-8-7-9-13(10-12)22-18(25)27-19(2,3)4;1-2/h7-11H,6H2,1-5H3,(H,22,25)(H,20,21,23);1-2H3. The lowest BCUT2D eigenvalue weighted by Crippen LogP contribution is -2.27. The maximum absolute atomic E-state index is 12.2. The van der Waals surface area contributed by atoms with Gasteiger partial charge in [0.1, 0.15) is 17.0 Å². The van der Waals surface area contributed by atoms with E-state index in [0.29, 0.717) is 22.3 Å². The van der Waals surface area contributed by atoms with E-state index in [9.17, 15) is 9.59 Å². The summed E-state index contributed by atoms with van der Waals surface area (Å²) >= 11 is 1.36. The van der Waals surface area contributed by atoms with Crippen LogP contribution in [0.5, 0.6) is 0 Å². The smallest absolute Gasteiger partial charge is 0.412 e. The molecule has 0 aliphatic rings. The molecule has 0 saturated carbocycles. The van der Waals surface area contributed by atoms with Gasteiger partial charge < -0.3 is 14.8 Å². The molecular formula is C21H30N4O4S. The molecule has 9 heteroatoms. The number of hydrogen-bond acceptors (Lipinski definition) is 8. The highest BCUT2D eigenvalue weighted by molar-refractivity contribution is 7.98. The summed E-state index contributed by atoms with van der Waals surface area (Å²) in [5.74, 6) is -0.187. The molecule has 0 fully saturated rings. The number of carbonyl (C=O) groups is 2. The maximum atomic E-state index is 12.2. The van der Waals surface area contributed by atoms with Crippen molar-refractivity contribution in [1.29, 1.82) is 0 Å². The van der Waals surface area contributed by atoms with Crippen LogP contribution in [0.15, 0.2) is 35.6 Å². The van der Waals surface area contributed by atoms with Crippen molar-refractivity contribution in [2.75, 3.05) is 23.5 Å². The van der Waals surface area contributed by atoms with Gasteiger partial charge in [-0.25, -0.2) is 19.6 Å². The van der Waals surface area contributed by atoms with Crippen molar-refractivity contribution >= 4 is 41.0 Å². The first-order chi connectivity index (χ1) is 14.2. The summed E-state index contributed by atoms with van der Waals surface area (Å²) in [5, 5.41) is 6.28. The fraction of sp³-hybridized carbons (Fsp3) is 0.429. The Morgan fingerprint density at radius 2 is 1.83 bits per heavy atom. The second kappa shape index (κ2) is 12.0. The molecule has 0 bridgehead atoms. The van der Waals surface area contributed by atoms with E-state index in [1.165, 1.54) is 18.0 Å². The summed E-state index contributed by atoms with van der Waals surface area (Å²) in [5.41, 5.74) is 0.801. The topological polar surface area (TPSA) is 102 Å². The summed E-state index contributed by atoms with van der Waals surface area (Å²) in [6.07, 6.45) is 2.72. The zero-order valence-corrected chi connectivity index (χ0v) is 19.3. The summed E-state index contributed by atoms with van der Waals surface area (Å²) in [6, 6.07) is 6.99. The number of thioether (sulfide) groups is 1. The van der Waals surface area contributed by atoms with Crippen LogP contribution in [0.4, 0.5) is 22.0 Å². The molecule has 2 N–H and O–H groups in total. The van der Waals surface area contributed by atoms with E-state index >= 15 is 0 Å². The highest BCUT2D eigenvalue weighted by Crippen LogP contribution is 2.24. The Morgan fingerprint density at radius 3 is 2.43 bits per heavy atom. The van der Waals surface area contributed by atoms with Gasteiger partial charge in [0, 0.05) is 17.6 Å². The molecule has 2 rings (SSSR count). The Balaban J connectivity index is 0.00000218. The van der Waals surface area contributed by atoms with Gasteiger partial charge in [-0.1, -0.05) is 31.7 Å². The molecule has 0 atom stereocenters. The number of ether oxygens (including phenoxy) is 2. The molecule has 164 valence electrons. The Kier molecular flexibility index (Phi) is 10.1. The van der Waals surface area contributed by atoms with Gasteiger partial charge in [-0.15, -0.1) is 0 Å². The predicted molar refractivity (Wildman–Crippen MR) is 121 cm³/mol. The molecule has 0 unspecified atom stereocenters. The molecule has 0 radical (unpaired) electrons. The first-order valence-electron chi connectivity index (χ1n) is 9.67. The third-order valence-corrected chi connectivity index (χ3v) is 3.78. The fourth-order valence-corrected chi connectivity index (χ4v) is 2.49. The van der Waals surface area contributed by atoms with Crippen LogP contribution in [0.3, 0.4) is 0 Å². The Bertz CT molecular complexity index is 853. The minimum atomic E-state index is -0.594. The number of anilines is 3. The van der Waals surface area contributed by atoms with E-state index < -0.39 is 17.7 Å². The van der Waals surface area contributed by atoms with Gasteiger partial charge in [0.2, 0.25) is 0 Å². The van der Waals surface area contributed by atoms with E-state index in [-0.39, 0.29) is 12.2 Å². The van der Waals surface area contributed by atoms with Crippen molar-refractivity contribution in [3.05, 3.63) is 36.0 Å². The fourth-order valence-electron chi connectivity index (χ4n) is 2.15. The van der Waals surface area contributed by atoms with Gasteiger partial charge in [0.15, 0.2) is 5.16 Å². The maximum Gasteiger partial charge on any atom is 0.412 e. The van der Waals surface area contributed by atoms with E-state index in [1.807, 2.05) is 20.1 Å². The molecule has 1 aromatic heterocycles. The van der Waals surface area contributed by atoms with Crippen molar-refractivity contribution in [2.45, 2.75) is 52.3 Å². The van der Waals surface area contributed by atoms with Crippen molar-refractivity contribution in [3.63, 3.8) is 0 Å². The number of aromatic nitrogens is 2. The van der Waals surface area contributed by atoms with Gasteiger partial charge in [-0.3, -0.25) is 5.32 Å². The number of nitrogens with one attached hydrogen (secondary N) is 2. The number of carbonyl (C=O) groups excluding carboxylic acids is 2. The molecule has 1 heterocycles. The quantitative estimate of drug-likeness (QED) is 0.349. The molecule has 0 spiro atoms. The Labute approximate surface area is 182 Å². The van der Waals surface area contributed by atoms with Gasteiger partial charge in [-0.05, 0) is 52.1 Å². The van der Waals surface area contributed by atoms with Crippen molar-refractivity contribution in [2.24, 2.45) is 0 Å². The summed E-state index contributed by atoms with van der Waals surface area (Å²) in [7, 11) is 0. The third-order valence-electron chi connectivity index (χ3n) is 3.22. The highest BCUT2D eigenvalue weighted by atomic mass is 32.2. The van der Waals surface area contributed by atoms with Crippen LogP contribution in [-0.2, 0) is 9.47 Å². The lowest BCUT2D eigenvalue weighted by Gasteiger charge is -2.19.